The number of fused-ring (bicyclic) bond motifs is 1. The van der Waals surface area contributed by atoms with E-state index in [-0.39, 0.29) is 17.9 Å². The SMILES string of the molecule is O=C(Cn1cnc2scc(-c3ccc(Cl)cc3)c2c1=O)Nc1ccon1. The zero-order valence-corrected chi connectivity index (χ0v) is 14.8. The smallest absolute Gasteiger partial charge is 0.263 e. The second-order valence-electron chi connectivity index (χ2n) is 5.45. The molecule has 0 atom stereocenters. The van der Waals surface area contributed by atoms with Crippen molar-refractivity contribution in [2.24, 2.45) is 0 Å². The number of anilines is 1. The maximum atomic E-state index is 12.9. The van der Waals surface area contributed by atoms with Crippen LogP contribution in [-0.2, 0) is 11.3 Å². The molecule has 0 saturated heterocycles. The first kappa shape index (κ1) is 16.5. The second-order valence-corrected chi connectivity index (χ2v) is 6.74. The van der Waals surface area contributed by atoms with Gasteiger partial charge in [-0.3, -0.25) is 14.2 Å². The largest absolute Gasteiger partial charge is 0.363 e. The number of carbonyl (C=O) groups excluding carboxylic acids is 1. The number of hydrogen-bond donors (Lipinski definition) is 1. The lowest BCUT2D eigenvalue weighted by molar-refractivity contribution is -0.116. The molecule has 1 aromatic carbocycles. The van der Waals surface area contributed by atoms with Crippen LogP contribution in [0, 0.1) is 0 Å². The third-order valence-corrected chi connectivity index (χ3v) is 4.87. The topological polar surface area (TPSA) is 90.0 Å². The van der Waals surface area contributed by atoms with Crippen LogP contribution in [0.25, 0.3) is 21.3 Å². The van der Waals surface area contributed by atoms with Crippen molar-refractivity contribution in [3.8, 4) is 11.1 Å². The van der Waals surface area contributed by atoms with Gasteiger partial charge in [-0.05, 0) is 17.7 Å². The lowest BCUT2D eigenvalue weighted by Crippen LogP contribution is -2.27. The van der Waals surface area contributed by atoms with Crippen LogP contribution >= 0.6 is 22.9 Å². The van der Waals surface area contributed by atoms with Gasteiger partial charge in [-0.2, -0.15) is 0 Å². The summed E-state index contributed by atoms with van der Waals surface area (Å²) in [6.45, 7) is -0.176. The van der Waals surface area contributed by atoms with Crippen LogP contribution in [-0.4, -0.2) is 20.6 Å². The predicted octanol–water partition coefficient (Wildman–Crippen LogP) is 3.41. The highest BCUT2D eigenvalue weighted by Crippen LogP contribution is 2.31. The average Bonchev–Trinajstić information content (AvgIpc) is 3.28. The Morgan fingerprint density at radius 2 is 2.08 bits per heavy atom. The van der Waals surface area contributed by atoms with Gasteiger partial charge in [0.25, 0.3) is 5.56 Å². The van der Waals surface area contributed by atoms with E-state index in [1.807, 2.05) is 17.5 Å². The standard InChI is InChI=1S/C17H11ClN4O3S/c18-11-3-1-10(2-4-11)12-8-26-16-15(12)17(24)22(9-19-16)7-14(23)20-13-5-6-25-21-13/h1-6,8-9H,7H2,(H,20,21,23). The third kappa shape index (κ3) is 3.12. The molecule has 0 bridgehead atoms. The Balaban J connectivity index is 1.70. The quantitative estimate of drug-likeness (QED) is 0.580. The van der Waals surface area contributed by atoms with Crippen molar-refractivity contribution in [3.05, 3.63) is 63.7 Å². The number of rotatable bonds is 4. The van der Waals surface area contributed by atoms with Crippen molar-refractivity contribution >= 4 is 44.9 Å². The first-order valence-electron chi connectivity index (χ1n) is 7.54. The summed E-state index contributed by atoms with van der Waals surface area (Å²) < 4.78 is 5.92. The van der Waals surface area contributed by atoms with Gasteiger partial charge in [-0.15, -0.1) is 11.3 Å². The van der Waals surface area contributed by atoms with E-state index in [1.54, 1.807) is 12.1 Å². The van der Waals surface area contributed by atoms with Crippen molar-refractivity contribution in [2.75, 3.05) is 5.32 Å². The lowest BCUT2D eigenvalue weighted by atomic mass is 10.1. The van der Waals surface area contributed by atoms with Crippen LogP contribution in [0.15, 0.2) is 57.6 Å². The molecule has 0 radical (unpaired) electrons. The number of benzene rings is 1. The molecule has 130 valence electrons. The van der Waals surface area contributed by atoms with E-state index in [0.29, 0.717) is 15.2 Å². The number of thiophene rings is 1. The molecule has 0 unspecified atom stereocenters. The number of amides is 1. The molecule has 9 heteroatoms. The number of aromatic nitrogens is 3. The number of nitrogens with one attached hydrogen (secondary N) is 1. The van der Waals surface area contributed by atoms with Crippen LogP contribution in [0.4, 0.5) is 5.82 Å². The Hall–Kier alpha value is -2.97. The van der Waals surface area contributed by atoms with Crippen LogP contribution < -0.4 is 10.9 Å². The minimum atomic E-state index is -0.398. The summed E-state index contributed by atoms with van der Waals surface area (Å²) in [4.78, 5) is 29.9. The average molecular weight is 387 g/mol. The Kier molecular flexibility index (Phi) is 4.27. The van der Waals surface area contributed by atoms with E-state index in [9.17, 15) is 9.59 Å². The van der Waals surface area contributed by atoms with E-state index in [4.69, 9.17) is 11.6 Å². The van der Waals surface area contributed by atoms with Gasteiger partial charge < -0.3 is 9.84 Å². The number of hydrogen-bond acceptors (Lipinski definition) is 6. The van der Waals surface area contributed by atoms with Crippen molar-refractivity contribution < 1.29 is 9.32 Å². The van der Waals surface area contributed by atoms with Gasteiger partial charge in [-0.1, -0.05) is 28.9 Å². The van der Waals surface area contributed by atoms with Gasteiger partial charge in [0, 0.05) is 22.0 Å². The molecule has 1 amide bonds. The van der Waals surface area contributed by atoms with Crippen LogP contribution in [0.1, 0.15) is 0 Å². The summed E-state index contributed by atoms with van der Waals surface area (Å²) in [5, 5.41) is 9.13. The maximum Gasteiger partial charge on any atom is 0.263 e. The Labute approximate surface area is 155 Å². The summed E-state index contributed by atoms with van der Waals surface area (Å²) in [5.41, 5.74) is 1.35. The molecular formula is C17H11ClN4O3S. The predicted molar refractivity (Wildman–Crippen MR) is 99.5 cm³/mol. The molecular weight excluding hydrogens is 376 g/mol. The third-order valence-electron chi connectivity index (χ3n) is 3.74. The summed E-state index contributed by atoms with van der Waals surface area (Å²) in [5.74, 6) is -0.111. The summed E-state index contributed by atoms with van der Waals surface area (Å²) >= 11 is 7.31. The molecule has 0 fully saturated rings. The zero-order chi connectivity index (χ0) is 18.1. The molecule has 0 aliphatic heterocycles. The van der Waals surface area contributed by atoms with Crippen molar-refractivity contribution in [3.63, 3.8) is 0 Å². The summed E-state index contributed by atoms with van der Waals surface area (Å²) in [6.07, 6.45) is 2.72. The molecule has 4 rings (SSSR count). The van der Waals surface area contributed by atoms with Gasteiger partial charge in [0.1, 0.15) is 17.6 Å². The maximum absolute atomic E-state index is 12.9. The van der Waals surface area contributed by atoms with E-state index < -0.39 is 5.91 Å². The molecule has 7 nitrogen and oxygen atoms in total. The molecule has 0 spiro atoms. The van der Waals surface area contributed by atoms with Gasteiger partial charge in [0.15, 0.2) is 5.82 Å². The highest BCUT2D eigenvalue weighted by molar-refractivity contribution is 7.17. The van der Waals surface area contributed by atoms with Gasteiger partial charge >= 0.3 is 0 Å². The summed E-state index contributed by atoms with van der Waals surface area (Å²) in [6, 6.07) is 8.73. The van der Waals surface area contributed by atoms with Gasteiger partial charge in [0.2, 0.25) is 5.91 Å². The number of carbonyl (C=O) groups is 1. The highest BCUT2D eigenvalue weighted by atomic mass is 35.5. The van der Waals surface area contributed by atoms with Crippen LogP contribution in [0.2, 0.25) is 5.02 Å². The highest BCUT2D eigenvalue weighted by Gasteiger charge is 2.15. The lowest BCUT2D eigenvalue weighted by Gasteiger charge is -2.06. The van der Waals surface area contributed by atoms with E-state index in [0.717, 1.165) is 11.1 Å². The zero-order valence-electron chi connectivity index (χ0n) is 13.2. The van der Waals surface area contributed by atoms with Gasteiger partial charge in [0.05, 0.1) is 11.7 Å². The first-order valence-corrected chi connectivity index (χ1v) is 8.80. The minimum absolute atomic E-state index is 0.176. The van der Waals surface area contributed by atoms with Crippen LogP contribution in [0.5, 0.6) is 0 Å². The number of halogens is 1. The van der Waals surface area contributed by atoms with E-state index >= 15 is 0 Å². The van der Waals surface area contributed by atoms with E-state index in [2.05, 4.69) is 20.0 Å². The van der Waals surface area contributed by atoms with Crippen molar-refractivity contribution in [2.45, 2.75) is 6.54 Å². The van der Waals surface area contributed by atoms with Crippen molar-refractivity contribution in [1.29, 1.82) is 0 Å². The van der Waals surface area contributed by atoms with Gasteiger partial charge in [-0.25, -0.2) is 4.98 Å². The van der Waals surface area contributed by atoms with E-state index in [1.165, 1.54) is 34.6 Å². The van der Waals surface area contributed by atoms with Crippen LogP contribution in [0.3, 0.4) is 0 Å². The monoisotopic (exact) mass is 386 g/mol. The first-order chi connectivity index (χ1) is 12.6. The molecule has 26 heavy (non-hydrogen) atoms. The fourth-order valence-corrected chi connectivity index (χ4v) is 3.57. The number of nitrogens with zero attached hydrogens (tertiary/aromatic N) is 3. The fraction of sp³-hybridized carbons (Fsp3) is 0.0588. The fourth-order valence-electron chi connectivity index (χ4n) is 2.54. The molecule has 3 aromatic heterocycles. The molecule has 0 saturated carbocycles. The summed E-state index contributed by atoms with van der Waals surface area (Å²) in [7, 11) is 0. The molecule has 4 aromatic rings. The second kappa shape index (κ2) is 6.74. The molecule has 0 aliphatic carbocycles. The Morgan fingerprint density at radius 1 is 1.27 bits per heavy atom. The minimum Gasteiger partial charge on any atom is -0.363 e. The Bertz CT molecular complexity index is 1130. The normalized spacial score (nSPS) is 11.0. The Morgan fingerprint density at radius 3 is 2.81 bits per heavy atom. The molecule has 1 N–H and O–H groups in total. The van der Waals surface area contributed by atoms with Crippen molar-refractivity contribution in [1.82, 2.24) is 14.7 Å². The molecule has 3 heterocycles. The molecule has 0 aliphatic rings.